The van der Waals surface area contributed by atoms with Gasteiger partial charge in [-0.15, -0.1) is 0 Å². The summed E-state index contributed by atoms with van der Waals surface area (Å²) in [6, 6.07) is 0. The molecule has 0 aliphatic rings. The van der Waals surface area contributed by atoms with Gasteiger partial charge in [-0.2, -0.15) is 11.8 Å². The highest BCUT2D eigenvalue weighted by atomic mass is 32.2. The number of hydrogen-bond acceptors (Lipinski definition) is 5. The average molecular weight is 349 g/mol. The third-order valence-electron chi connectivity index (χ3n) is 2.04. The molecule has 0 rings (SSSR count). The predicted molar refractivity (Wildman–Crippen MR) is 95.4 cm³/mol. The largest absolute Gasteiger partial charge is 0.347 e. The number of rotatable bonds is 9. The zero-order valence-electron chi connectivity index (χ0n) is 15.1. The number of Topliss-reactive ketones (excluding diaryl/α,β-unsaturated/α-hetero) is 1. The molecule has 0 bridgehead atoms. The van der Waals surface area contributed by atoms with Crippen LogP contribution in [0.4, 0.5) is 0 Å². The van der Waals surface area contributed by atoms with Crippen molar-refractivity contribution in [2.24, 2.45) is 0 Å². The molecule has 3 amide bonds. The minimum atomic E-state index is -0.452. The maximum Gasteiger partial charge on any atom is 0.239 e. The summed E-state index contributed by atoms with van der Waals surface area (Å²) in [5, 5.41) is 7.13. The standard InChI is InChI=1S/C11H19N3O4S.2C2H6/c1-3-8(15)4-12-9(16)5-13-10(17)6-14-11(18)7-19-2;2*1-2/h3-7H2,1-2H3,(H,12,16)(H,13,17)(H,14,18);2*1-2H3. The molecule has 136 valence electrons. The van der Waals surface area contributed by atoms with Crippen LogP contribution >= 0.6 is 11.8 Å². The van der Waals surface area contributed by atoms with Gasteiger partial charge in [0.05, 0.1) is 25.4 Å². The van der Waals surface area contributed by atoms with E-state index < -0.39 is 11.8 Å². The molecule has 0 aliphatic heterocycles. The first kappa shape index (κ1) is 26.3. The minimum Gasteiger partial charge on any atom is -0.347 e. The van der Waals surface area contributed by atoms with E-state index in [-0.39, 0.29) is 37.1 Å². The van der Waals surface area contributed by atoms with Gasteiger partial charge in [0.25, 0.3) is 0 Å². The fourth-order valence-corrected chi connectivity index (χ4v) is 1.35. The highest BCUT2D eigenvalue weighted by Crippen LogP contribution is 1.88. The first-order chi connectivity index (χ1) is 11.0. The molecule has 0 fully saturated rings. The fourth-order valence-electron chi connectivity index (χ4n) is 0.987. The maximum atomic E-state index is 11.3. The number of carbonyl (C=O) groups is 4. The molecule has 0 aliphatic carbocycles. The number of ketones is 1. The average Bonchev–Trinajstić information content (AvgIpc) is 2.59. The van der Waals surface area contributed by atoms with Crippen molar-refractivity contribution >= 4 is 35.3 Å². The monoisotopic (exact) mass is 349 g/mol. The molecule has 0 unspecified atom stereocenters. The summed E-state index contributed by atoms with van der Waals surface area (Å²) in [7, 11) is 0. The quantitative estimate of drug-likeness (QED) is 0.569. The molecule has 3 N–H and O–H groups in total. The van der Waals surface area contributed by atoms with Crippen molar-refractivity contribution in [2.75, 3.05) is 31.6 Å². The second-order valence-corrected chi connectivity index (χ2v) is 4.52. The Labute approximate surface area is 143 Å². The van der Waals surface area contributed by atoms with Crippen molar-refractivity contribution < 1.29 is 19.2 Å². The molecule has 0 heterocycles. The second-order valence-electron chi connectivity index (χ2n) is 3.66. The minimum absolute atomic E-state index is 0.0321. The maximum absolute atomic E-state index is 11.3. The molecule has 7 nitrogen and oxygen atoms in total. The zero-order chi connectivity index (χ0) is 18.7. The Kier molecular flexibility index (Phi) is 23.4. The van der Waals surface area contributed by atoms with Crippen LogP contribution in [0.25, 0.3) is 0 Å². The number of nitrogens with one attached hydrogen (secondary N) is 3. The zero-order valence-corrected chi connectivity index (χ0v) is 15.9. The van der Waals surface area contributed by atoms with Gasteiger partial charge in [0.1, 0.15) is 0 Å². The molecule has 8 heteroatoms. The third kappa shape index (κ3) is 20.4. The van der Waals surface area contributed by atoms with E-state index in [1.54, 1.807) is 13.2 Å². The first-order valence-corrected chi connectivity index (χ1v) is 9.19. The van der Waals surface area contributed by atoms with Crippen molar-refractivity contribution in [3.8, 4) is 0 Å². The van der Waals surface area contributed by atoms with E-state index in [1.807, 2.05) is 27.7 Å². The van der Waals surface area contributed by atoms with Crippen LogP contribution < -0.4 is 16.0 Å². The molecule has 0 radical (unpaired) electrons. The third-order valence-corrected chi connectivity index (χ3v) is 2.60. The lowest BCUT2D eigenvalue weighted by atomic mass is 10.3. The number of amides is 3. The van der Waals surface area contributed by atoms with Crippen LogP contribution in [-0.4, -0.2) is 55.1 Å². The Morgan fingerprint density at radius 3 is 1.52 bits per heavy atom. The molecular weight excluding hydrogens is 318 g/mol. The van der Waals surface area contributed by atoms with Crippen LogP contribution in [0.15, 0.2) is 0 Å². The Hall–Kier alpha value is -1.57. The molecule has 0 spiro atoms. The van der Waals surface area contributed by atoms with E-state index in [2.05, 4.69) is 16.0 Å². The van der Waals surface area contributed by atoms with Gasteiger partial charge < -0.3 is 16.0 Å². The number of carbonyl (C=O) groups excluding carboxylic acids is 4. The summed E-state index contributed by atoms with van der Waals surface area (Å²) < 4.78 is 0. The van der Waals surface area contributed by atoms with Gasteiger partial charge >= 0.3 is 0 Å². The van der Waals surface area contributed by atoms with Crippen LogP contribution in [0.3, 0.4) is 0 Å². The molecule has 0 aromatic carbocycles. The highest BCUT2D eigenvalue weighted by molar-refractivity contribution is 7.99. The van der Waals surface area contributed by atoms with E-state index >= 15 is 0 Å². The molecular formula is C15H31N3O4S. The normalized spacial score (nSPS) is 8.43. The molecule has 0 atom stereocenters. The van der Waals surface area contributed by atoms with Crippen LogP contribution in [0, 0.1) is 0 Å². The summed E-state index contributed by atoms with van der Waals surface area (Å²) >= 11 is 1.35. The van der Waals surface area contributed by atoms with E-state index in [0.29, 0.717) is 6.42 Å². The molecule has 23 heavy (non-hydrogen) atoms. The van der Waals surface area contributed by atoms with Crippen molar-refractivity contribution in [1.82, 2.24) is 16.0 Å². The van der Waals surface area contributed by atoms with Crippen LogP contribution in [0.2, 0.25) is 0 Å². The Balaban J connectivity index is -0.000000919. The van der Waals surface area contributed by atoms with Gasteiger partial charge in [-0.3, -0.25) is 19.2 Å². The summed E-state index contributed by atoms with van der Waals surface area (Å²) in [4.78, 5) is 44.5. The first-order valence-electron chi connectivity index (χ1n) is 7.80. The number of thioether (sulfide) groups is 1. The Morgan fingerprint density at radius 2 is 1.13 bits per heavy atom. The van der Waals surface area contributed by atoms with E-state index in [0.717, 1.165) is 0 Å². The van der Waals surface area contributed by atoms with E-state index in [4.69, 9.17) is 0 Å². The van der Waals surface area contributed by atoms with Gasteiger partial charge in [0.2, 0.25) is 17.7 Å². The lowest BCUT2D eigenvalue weighted by Gasteiger charge is -2.07. The van der Waals surface area contributed by atoms with Crippen LogP contribution in [0.1, 0.15) is 41.0 Å². The summed E-state index contributed by atoms with van der Waals surface area (Å²) in [5.41, 5.74) is 0. The lowest BCUT2D eigenvalue weighted by molar-refractivity contribution is -0.128. The van der Waals surface area contributed by atoms with E-state index in [1.165, 1.54) is 11.8 Å². The van der Waals surface area contributed by atoms with Crippen molar-refractivity contribution in [3.63, 3.8) is 0 Å². The summed E-state index contributed by atoms with van der Waals surface area (Å²) in [5.74, 6) is -0.922. The van der Waals surface area contributed by atoms with Gasteiger partial charge in [-0.1, -0.05) is 34.6 Å². The van der Waals surface area contributed by atoms with Crippen molar-refractivity contribution in [3.05, 3.63) is 0 Å². The van der Waals surface area contributed by atoms with Gasteiger partial charge in [0.15, 0.2) is 5.78 Å². The van der Waals surface area contributed by atoms with Gasteiger partial charge in [-0.25, -0.2) is 0 Å². The second kappa shape index (κ2) is 20.4. The Bertz CT molecular complexity index is 350. The van der Waals surface area contributed by atoms with Crippen molar-refractivity contribution in [1.29, 1.82) is 0 Å². The Morgan fingerprint density at radius 1 is 0.739 bits per heavy atom. The molecule has 0 saturated heterocycles. The smallest absolute Gasteiger partial charge is 0.239 e. The van der Waals surface area contributed by atoms with E-state index in [9.17, 15) is 19.2 Å². The van der Waals surface area contributed by atoms with Gasteiger partial charge in [-0.05, 0) is 6.26 Å². The molecule has 0 saturated carbocycles. The molecule has 0 aromatic rings. The topological polar surface area (TPSA) is 104 Å². The summed E-state index contributed by atoms with van der Waals surface area (Å²) in [6.45, 7) is 9.29. The molecule has 0 aromatic heterocycles. The van der Waals surface area contributed by atoms with Crippen molar-refractivity contribution in [2.45, 2.75) is 41.0 Å². The lowest BCUT2D eigenvalue weighted by Crippen LogP contribution is -2.43. The predicted octanol–water partition coefficient (Wildman–Crippen LogP) is 0.730. The summed E-state index contributed by atoms with van der Waals surface area (Å²) in [6.07, 6.45) is 2.13. The SMILES string of the molecule is CC.CC.CCC(=O)CNC(=O)CNC(=O)CNC(=O)CSC. The fraction of sp³-hybridized carbons (Fsp3) is 0.733. The van der Waals surface area contributed by atoms with Crippen LogP contribution in [0.5, 0.6) is 0 Å². The van der Waals surface area contributed by atoms with Gasteiger partial charge in [0, 0.05) is 6.42 Å². The number of hydrogen-bond donors (Lipinski definition) is 3. The highest BCUT2D eigenvalue weighted by Gasteiger charge is 2.08. The van der Waals surface area contributed by atoms with Crippen LogP contribution in [-0.2, 0) is 19.2 Å².